The summed E-state index contributed by atoms with van der Waals surface area (Å²) in [4.78, 5) is 2.28. The van der Waals surface area contributed by atoms with Gasteiger partial charge in [-0.25, -0.2) is 0 Å². The normalized spacial score (nSPS) is 13.0. The molecule has 2 aromatic rings. The first-order valence-electron chi connectivity index (χ1n) is 8.26. The summed E-state index contributed by atoms with van der Waals surface area (Å²) in [6, 6.07) is 12.0. The summed E-state index contributed by atoms with van der Waals surface area (Å²) in [6.45, 7) is 4.70. The zero-order valence-electron chi connectivity index (χ0n) is 14.3. The molecule has 24 heavy (non-hydrogen) atoms. The maximum absolute atomic E-state index is 9.20. The smallest absolute Gasteiger partial charge is 0.119 e. The van der Waals surface area contributed by atoms with Crippen molar-refractivity contribution in [2.45, 2.75) is 38.6 Å². The molecule has 1 aromatic carbocycles. The second kappa shape index (κ2) is 8.89. The fourth-order valence-corrected chi connectivity index (χ4v) is 2.92. The van der Waals surface area contributed by atoms with Gasteiger partial charge in [0.1, 0.15) is 5.75 Å². The van der Waals surface area contributed by atoms with Crippen LogP contribution in [-0.4, -0.2) is 23.9 Å². The number of hydrogen-bond donors (Lipinski definition) is 2. The van der Waals surface area contributed by atoms with Crippen LogP contribution in [0.15, 0.2) is 36.4 Å². The monoisotopic (exact) mass is 343 g/mol. The highest BCUT2D eigenvalue weighted by atomic mass is 32.1. The fourth-order valence-electron chi connectivity index (χ4n) is 2.06. The van der Waals surface area contributed by atoms with E-state index in [0.717, 1.165) is 42.1 Å². The summed E-state index contributed by atoms with van der Waals surface area (Å²) in [7, 11) is 0. The minimum absolute atomic E-state index is 0.00298. The Morgan fingerprint density at radius 3 is 2.58 bits per heavy atom. The largest absolute Gasteiger partial charge is 0.494 e. The number of nitrogens with two attached hydrogens (primary N) is 1. The lowest BCUT2D eigenvalue weighted by molar-refractivity contribution is 0.201. The van der Waals surface area contributed by atoms with Crippen LogP contribution in [0.5, 0.6) is 5.75 Å². The van der Waals surface area contributed by atoms with Crippen molar-refractivity contribution >= 4 is 11.3 Å². The van der Waals surface area contributed by atoms with E-state index in [2.05, 4.69) is 24.8 Å². The summed E-state index contributed by atoms with van der Waals surface area (Å²) in [5.74, 6) is 7.27. The lowest BCUT2D eigenvalue weighted by Gasteiger charge is -2.20. The summed E-state index contributed by atoms with van der Waals surface area (Å²) < 4.78 is 5.57. The van der Waals surface area contributed by atoms with E-state index in [1.165, 1.54) is 4.88 Å². The van der Waals surface area contributed by atoms with Crippen LogP contribution in [0.3, 0.4) is 0 Å². The predicted molar refractivity (Wildman–Crippen MR) is 101 cm³/mol. The second-order valence-corrected chi connectivity index (χ2v) is 7.37. The van der Waals surface area contributed by atoms with Crippen molar-refractivity contribution in [1.82, 2.24) is 0 Å². The van der Waals surface area contributed by atoms with Gasteiger partial charge in [-0.15, -0.1) is 11.3 Å². The van der Waals surface area contributed by atoms with Gasteiger partial charge in [0.25, 0.3) is 0 Å². The molecule has 1 aromatic heterocycles. The van der Waals surface area contributed by atoms with Crippen molar-refractivity contribution < 1.29 is 9.84 Å². The highest BCUT2D eigenvalue weighted by Gasteiger charge is 2.16. The van der Waals surface area contributed by atoms with Gasteiger partial charge < -0.3 is 15.6 Å². The van der Waals surface area contributed by atoms with Gasteiger partial charge in [0, 0.05) is 16.0 Å². The minimum Gasteiger partial charge on any atom is -0.494 e. The molecule has 2 rings (SSSR count). The molecule has 0 saturated carbocycles. The maximum atomic E-state index is 9.20. The third-order valence-corrected chi connectivity index (χ3v) is 4.68. The van der Waals surface area contributed by atoms with Crippen LogP contribution in [0, 0.1) is 11.8 Å². The number of hydrogen-bond acceptors (Lipinski definition) is 4. The third-order valence-electron chi connectivity index (χ3n) is 3.62. The van der Waals surface area contributed by atoms with Gasteiger partial charge in [0.2, 0.25) is 0 Å². The number of thiophene rings is 1. The third kappa shape index (κ3) is 6.01. The minimum atomic E-state index is -0.516. The van der Waals surface area contributed by atoms with E-state index in [-0.39, 0.29) is 6.61 Å². The Bertz CT molecular complexity index is 692. The van der Waals surface area contributed by atoms with Crippen LogP contribution in [0.2, 0.25) is 0 Å². The van der Waals surface area contributed by atoms with Gasteiger partial charge in [0.05, 0.1) is 18.1 Å². The Morgan fingerprint density at radius 2 is 1.92 bits per heavy atom. The number of aliphatic hydroxyl groups excluding tert-OH is 1. The Kier molecular flexibility index (Phi) is 6.86. The lowest BCUT2D eigenvalue weighted by Crippen LogP contribution is -2.40. The predicted octanol–water partition coefficient (Wildman–Crippen LogP) is 3.58. The van der Waals surface area contributed by atoms with Crippen LogP contribution in [0.25, 0.3) is 0 Å². The molecule has 1 unspecified atom stereocenters. The summed E-state index contributed by atoms with van der Waals surface area (Å²) in [5.41, 5.74) is 6.42. The SMILES string of the molecule is CCCOc1ccc(C#Cc2ccc(CCC(C)(N)CO)s2)cc1. The van der Waals surface area contributed by atoms with Crippen molar-refractivity contribution in [3.63, 3.8) is 0 Å². The van der Waals surface area contributed by atoms with Gasteiger partial charge in [-0.1, -0.05) is 18.8 Å². The molecule has 128 valence electrons. The molecule has 3 nitrogen and oxygen atoms in total. The van der Waals surface area contributed by atoms with Crippen LogP contribution in [-0.2, 0) is 6.42 Å². The molecule has 0 fully saturated rings. The summed E-state index contributed by atoms with van der Waals surface area (Å²) >= 11 is 1.68. The molecule has 0 aliphatic heterocycles. The van der Waals surface area contributed by atoms with E-state index < -0.39 is 5.54 Å². The first-order chi connectivity index (χ1) is 11.5. The van der Waals surface area contributed by atoms with E-state index in [1.807, 2.05) is 37.3 Å². The number of aryl methyl sites for hydroxylation is 1. The quantitative estimate of drug-likeness (QED) is 0.756. The first-order valence-corrected chi connectivity index (χ1v) is 9.07. The fraction of sp³-hybridized carbons (Fsp3) is 0.400. The van der Waals surface area contributed by atoms with Crippen molar-refractivity contribution in [1.29, 1.82) is 0 Å². The Morgan fingerprint density at radius 1 is 1.17 bits per heavy atom. The molecule has 1 heterocycles. The summed E-state index contributed by atoms with van der Waals surface area (Å²) in [5, 5.41) is 9.20. The van der Waals surface area contributed by atoms with E-state index in [1.54, 1.807) is 11.3 Å². The van der Waals surface area contributed by atoms with E-state index in [4.69, 9.17) is 10.5 Å². The van der Waals surface area contributed by atoms with E-state index >= 15 is 0 Å². The molecule has 3 N–H and O–H groups in total. The number of rotatable bonds is 7. The van der Waals surface area contributed by atoms with Crippen molar-refractivity contribution in [3.05, 3.63) is 51.7 Å². The van der Waals surface area contributed by atoms with Gasteiger partial charge in [-0.3, -0.25) is 0 Å². The van der Waals surface area contributed by atoms with Crippen molar-refractivity contribution in [2.75, 3.05) is 13.2 Å². The molecule has 0 spiro atoms. The second-order valence-electron chi connectivity index (χ2n) is 6.20. The average molecular weight is 343 g/mol. The average Bonchev–Trinajstić information content (AvgIpc) is 3.05. The summed E-state index contributed by atoms with van der Waals surface area (Å²) in [6.07, 6.45) is 2.63. The Labute approximate surface area is 148 Å². The van der Waals surface area contributed by atoms with Gasteiger partial charge in [-0.2, -0.15) is 0 Å². The molecule has 0 bridgehead atoms. The Balaban J connectivity index is 1.94. The number of aliphatic hydroxyl groups is 1. The molecule has 1 atom stereocenters. The lowest BCUT2D eigenvalue weighted by atomic mass is 9.98. The van der Waals surface area contributed by atoms with Gasteiger partial charge in [0.15, 0.2) is 0 Å². The number of benzene rings is 1. The molecule has 0 aliphatic rings. The molecule has 0 radical (unpaired) electrons. The van der Waals surface area contributed by atoms with Crippen LogP contribution < -0.4 is 10.5 Å². The van der Waals surface area contributed by atoms with Crippen LogP contribution in [0.4, 0.5) is 0 Å². The van der Waals surface area contributed by atoms with Crippen LogP contribution >= 0.6 is 11.3 Å². The maximum Gasteiger partial charge on any atom is 0.119 e. The van der Waals surface area contributed by atoms with E-state index in [9.17, 15) is 5.11 Å². The molecular weight excluding hydrogens is 318 g/mol. The van der Waals surface area contributed by atoms with Crippen molar-refractivity contribution in [2.24, 2.45) is 5.73 Å². The van der Waals surface area contributed by atoms with Crippen molar-refractivity contribution in [3.8, 4) is 17.6 Å². The molecule has 4 heteroatoms. The highest BCUT2D eigenvalue weighted by molar-refractivity contribution is 7.12. The standard InChI is InChI=1S/C20H25NO2S/c1-3-14-23-17-7-4-16(5-8-17)6-9-18-10-11-19(24-18)12-13-20(2,21)15-22/h4-5,7-8,10-11,22H,3,12-15,21H2,1-2H3. The van der Waals surface area contributed by atoms with Gasteiger partial charge >= 0.3 is 0 Å². The molecule has 0 aliphatic carbocycles. The van der Waals surface area contributed by atoms with Gasteiger partial charge in [-0.05, 0) is 62.6 Å². The van der Waals surface area contributed by atoms with Crippen LogP contribution in [0.1, 0.15) is 42.0 Å². The Hall–Kier alpha value is -1.80. The molecular formula is C20H25NO2S. The first kappa shape index (κ1) is 18.5. The topological polar surface area (TPSA) is 55.5 Å². The zero-order chi connectivity index (χ0) is 17.4. The number of ether oxygens (including phenoxy) is 1. The van der Waals surface area contributed by atoms with E-state index in [0.29, 0.717) is 0 Å². The molecule has 0 saturated heterocycles. The molecule has 0 amide bonds. The zero-order valence-corrected chi connectivity index (χ0v) is 15.2. The highest BCUT2D eigenvalue weighted by Crippen LogP contribution is 2.20.